The summed E-state index contributed by atoms with van der Waals surface area (Å²) < 4.78 is 29.5. The summed E-state index contributed by atoms with van der Waals surface area (Å²) in [5.41, 5.74) is 10.3. The summed E-state index contributed by atoms with van der Waals surface area (Å²) in [6.45, 7) is 5.28. The number of benzene rings is 2. The Hall–Kier alpha value is -3.17. The highest BCUT2D eigenvalue weighted by atomic mass is 32.2. The monoisotopic (exact) mass is 521 g/mol. The van der Waals surface area contributed by atoms with E-state index in [1.165, 1.54) is 6.42 Å². The maximum atomic E-state index is 13.1. The molecule has 0 saturated heterocycles. The number of rotatable bonds is 7. The Balaban J connectivity index is 1.69. The number of aromatic nitrogens is 4. The molecular formula is C28H35N5O3S. The van der Waals surface area contributed by atoms with E-state index in [2.05, 4.69) is 4.98 Å². The van der Waals surface area contributed by atoms with E-state index in [1.807, 2.05) is 54.0 Å². The van der Waals surface area contributed by atoms with Crippen LogP contribution in [0.3, 0.4) is 0 Å². The van der Waals surface area contributed by atoms with Crippen LogP contribution in [0.1, 0.15) is 58.9 Å². The molecular weight excluding hydrogens is 486 g/mol. The van der Waals surface area contributed by atoms with E-state index in [1.54, 1.807) is 26.2 Å². The molecule has 1 aliphatic carbocycles. The average molecular weight is 522 g/mol. The SMILES string of the molecule is CC(C(O)C1CCCCC1)n1cnc(-c2ccccc2)c1-c1ccc2nc(N)n(S(=O)(=O)C(C)C)c2c1. The van der Waals surface area contributed by atoms with E-state index in [0.717, 1.165) is 52.2 Å². The third-order valence-corrected chi connectivity index (χ3v) is 9.75. The minimum absolute atomic E-state index is 0.0567. The van der Waals surface area contributed by atoms with Crippen LogP contribution in [0.5, 0.6) is 0 Å². The fourth-order valence-corrected chi connectivity index (χ4v) is 6.64. The first-order valence-corrected chi connectivity index (χ1v) is 14.5. The fraction of sp³-hybridized carbons (Fsp3) is 0.429. The molecule has 4 aromatic rings. The van der Waals surface area contributed by atoms with Gasteiger partial charge in [-0.25, -0.2) is 22.4 Å². The maximum Gasteiger partial charge on any atom is 0.244 e. The molecule has 1 saturated carbocycles. The molecule has 1 fully saturated rings. The van der Waals surface area contributed by atoms with Crippen LogP contribution in [0.15, 0.2) is 54.9 Å². The Morgan fingerprint density at radius 2 is 1.70 bits per heavy atom. The van der Waals surface area contributed by atoms with E-state index in [-0.39, 0.29) is 17.9 Å². The maximum absolute atomic E-state index is 13.1. The van der Waals surface area contributed by atoms with Crippen molar-refractivity contribution in [3.63, 3.8) is 0 Å². The Kier molecular flexibility index (Phi) is 6.85. The van der Waals surface area contributed by atoms with Crippen molar-refractivity contribution in [2.75, 3.05) is 5.73 Å². The molecule has 0 aliphatic heterocycles. The number of nitrogens with two attached hydrogens (primary N) is 1. The number of hydrogen-bond donors (Lipinski definition) is 2. The topological polar surface area (TPSA) is 116 Å². The quantitative estimate of drug-likeness (QED) is 0.344. The van der Waals surface area contributed by atoms with Crippen molar-refractivity contribution in [1.29, 1.82) is 0 Å². The lowest BCUT2D eigenvalue weighted by Gasteiger charge is -2.32. The molecule has 8 nitrogen and oxygen atoms in total. The van der Waals surface area contributed by atoms with Gasteiger partial charge in [0.25, 0.3) is 0 Å². The summed E-state index contributed by atoms with van der Waals surface area (Å²) in [5, 5.41) is 10.7. The van der Waals surface area contributed by atoms with Crippen molar-refractivity contribution >= 4 is 27.0 Å². The Labute approximate surface area is 218 Å². The van der Waals surface area contributed by atoms with Gasteiger partial charge in [-0.2, -0.15) is 0 Å². The Bertz CT molecular complexity index is 1500. The van der Waals surface area contributed by atoms with Gasteiger partial charge in [0.05, 0.1) is 46.1 Å². The Morgan fingerprint density at radius 1 is 1.00 bits per heavy atom. The van der Waals surface area contributed by atoms with Crippen molar-refractivity contribution in [2.45, 2.75) is 70.3 Å². The lowest BCUT2D eigenvalue weighted by Crippen LogP contribution is -2.31. The molecule has 3 N–H and O–H groups in total. The minimum atomic E-state index is -3.73. The van der Waals surface area contributed by atoms with Crippen LogP contribution in [0, 0.1) is 5.92 Å². The Morgan fingerprint density at radius 3 is 2.38 bits per heavy atom. The van der Waals surface area contributed by atoms with Crippen molar-refractivity contribution < 1.29 is 13.5 Å². The van der Waals surface area contributed by atoms with Gasteiger partial charge in [-0.05, 0) is 51.7 Å². The van der Waals surface area contributed by atoms with Gasteiger partial charge >= 0.3 is 0 Å². The van der Waals surface area contributed by atoms with Crippen molar-refractivity contribution in [3.8, 4) is 22.5 Å². The first-order chi connectivity index (χ1) is 17.7. The molecule has 2 aromatic carbocycles. The van der Waals surface area contributed by atoms with Crippen LogP contribution in [0.25, 0.3) is 33.5 Å². The number of anilines is 1. The molecule has 2 heterocycles. The second-order valence-corrected chi connectivity index (χ2v) is 12.7. The molecule has 0 amide bonds. The van der Waals surface area contributed by atoms with E-state index in [9.17, 15) is 13.5 Å². The third kappa shape index (κ3) is 4.55. The van der Waals surface area contributed by atoms with Gasteiger partial charge in [0.1, 0.15) is 0 Å². The first-order valence-electron chi connectivity index (χ1n) is 13.0. The van der Waals surface area contributed by atoms with E-state index in [4.69, 9.17) is 10.7 Å². The largest absolute Gasteiger partial charge is 0.391 e. The highest BCUT2D eigenvalue weighted by Gasteiger charge is 2.30. The van der Waals surface area contributed by atoms with Gasteiger partial charge in [-0.3, -0.25) is 0 Å². The molecule has 0 radical (unpaired) electrons. The summed E-state index contributed by atoms with van der Waals surface area (Å²) in [6, 6.07) is 15.2. The lowest BCUT2D eigenvalue weighted by molar-refractivity contribution is 0.0447. The van der Waals surface area contributed by atoms with Crippen LogP contribution in [-0.4, -0.2) is 43.4 Å². The molecule has 37 heavy (non-hydrogen) atoms. The summed E-state index contributed by atoms with van der Waals surface area (Å²) in [6.07, 6.45) is 6.84. The van der Waals surface area contributed by atoms with E-state index in [0.29, 0.717) is 11.0 Å². The predicted molar refractivity (Wildman–Crippen MR) is 148 cm³/mol. The fourth-order valence-electron chi connectivity index (χ4n) is 5.50. The van der Waals surface area contributed by atoms with Gasteiger partial charge in [0, 0.05) is 11.1 Å². The standard InChI is InChI=1S/C28H35N5O3S/c1-18(2)37(35,36)33-24-16-22(14-15-23(24)31-28(33)29)26-25(20-10-6-4-7-11-20)30-17-32(26)19(3)27(34)21-12-8-5-9-13-21/h4,6-7,10-11,14-19,21,27,34H,5,8-9,12-13H2,1-3H3,(H2,29,31). The highest BCUT2D eigenvalue weighted by molar-refractivity contribution is 7.90. The van der Waals surface area contributed by atoms with Crippen LogP contribution in [0.4, 0.5) is 5.95 Å². The van der Waals surface area contributed by atoms with Crippen molar-refractivity contribution in [1.82, 2.24) is 18.5 Å². The van der Waals surface area contributed by atoms with Gasteiger partial charge in [-0.15, -0.1) is 0 Å². The third-order valence-electron chi connectivity index (χ3n) is 7.67. The van der Waals surface area contributed by atoms with Crippen LogP contribution in [0.2, 0.25) is 0 Å². The number of nitrogen functional groups attached to an aromatic ring is 1. The molecule has 5 rings (SSSR count). The molecule has 2 unspecified atom stereocenters. The van der Waals surface area contributed by atoms with Gasteiger partial charge in [0.15, 0.2) is 0 Å². The zero-order valence-electron chi connectivity index (χ0n) is 21.6. The molecule has 0 bridgehead atoms. The summed E-state index contributed by atoms with van der Waals surface area (Å²) >= 11 is 0. The van der Waals surface area contributed by atoms with E-state index < -0.39 is 21.4 Å². The van der Waals surface area contributed by atoms with E-state index >= 15 is 0 Å². The molecule has 2 aromatic heterocycles. The van der Waals surface area contributed by atoms with Crippen molar-refractivity contribution in [3.05, 3.63) is 54.9 Å². The first kappa shape index (κ1) is 25.5. The zero-order chi connectivity index (χ0) is 26.3. The van der Waals surface area contributed by atoms with Crippen molar-refractivity contribution in [2.24, 2.45) is 5.92 Å². The van der Waals surface area contributed by atoms with Gasteiger partial charge in [0.2, 0.25) is 16.0 Å². The van der Waals surface area contributed by atoms with Gasteiger partial charge < -0.3 is 15.4 Å². The zero-order valence-corrected chi connectivity index (χ0v) is 22.4. The van der Waals surface area contributed by atoms with Crippen LogP contribution in [-0.2, 0) is 10.0 Å². The molecule has 196 valence electrons. The molecule has 2 atom stereocenters. The summed E-state index contributed by atoms with van der Waals surface area (Å²) in [4.78, 5) is 9.09. The molecule has 1 aliphatic rings. The number of aliphatic hydroxyl groups is 1. The van der Waals surface area contributed by atoms with Gasteiger partial charge in [-0.1, -0.05) is 55.7 Å². The van der Waals surface area contributed by atoms with Crippen LogP contribution >= 0.6 is 0 Å². The highest BCUT2D eigenvalue weighted by Crippen LogP contribution is 2.38. The number of imidazole rings is 2. The normalized spacial score (nSPS) is 16.9. The average Bonchev–Trinajstić information content (AvgIpc) is 3.49. The summed E-state index contributed by atoms with van der Waals surface area (Å²) in [5.74, 6) is 0.192. The molecule has 9 heteroatoms. The minimum Gasteiger partial charge on any atom is -0.391 e. The number of aliphatic hydroxyl groups excluding tert-OH is 1. The number of fused-ring (bicyclic) bond motifs is 1. The lowest BCUT2D eigenvalue weighted by atomic mass is 9.83. The second kappa shape index (κ2) is 9.95. The second-order valence-electron chi connectivity index (χ2n) is 10.4. The predicted octanol–water partition coefficient (Wildman–Crippen LogP) is 5.24. The number of nitrogens with zero attached hydrogens (tertiary/aromatic N) is 4. The molecule has 0 spiro atoms. The smallest absolute Gasteiger partial charge is 0.244 e. The van der Waals surface area contributed by atoms with Crippen LogP contribution < -0.4 is 5.73 Å². The summed E-state index contributed by atoms with van der Waals surface area (Å²) in [7, 11) is -3.73. The number of hydrogen-bond acceptors (Lipinski definition) is 6.